The van der Waals surface area contributed by atoms with Crippen LogP contribution in [0.15, 0.2) is 97.1 Å². The molecular weight excluding hydrogens is 1130 g/mol. The number of amides is 6. The third-order valence-corrected chi connectivity index (χ3v) is 16.3. The summed E-state index contributed by atoms with van der Waals surface area (Å²) in [6.45, 7) is 5.59. The standard InChI is InChI=1S/C62H82N8O17/c1-5-6-7-24-86-42-22-18-37(19-23-42)35-10-8-34(9-11-35)36-12-14-39(15-13-36)56(80)65-46-27-47(75)61(87-43(28-63)29-64)69-60(84)51-52(76)31(2)30-70(51)62(85)49(33(4)72)67-59(83)50(55(79)53(77)38-16-20-40(73)21-17-38)68-57(81)45-26-41(74)25-44(45)54(78)48(32(3)71)66-58(46)82/h8-23,31-33,41,43-53,55,61,71-77,79H,5-7,24-30,63-64H2,1-4H3,(H,65,80)(H,66,82)(H,67,83)(H,68,81)(H,69,84)/t31-,32+,33+,41-,44?,45?,46-,47+,48?,49?,50?,51?,52-,53-,55-,61?/m0/s1. The molecule has 4 aromatic carbocycles. The van der Waals surface area contributed by atoms with Gasteiger partial charge in [0, 0.05) is 43.5 Å². The van der Waals surface area contributed by atoms with Gasteiger partial charge < -0.3 is 93.3 Å². The first kappa shape index (κ1) is 67.1. The number of aliphatic hydroxyl groups is 7. The fourth-order valence-corrected chi connectivity index (χ4v) is 11.2. The number of carbonyl (C=O) groups is 7. The molecule has 3 fully saturated rings. The Kier molecular flexibility index (Phi) is 23.5. The van der Waals surface area contributed by atoms with Gasteiger partial charge in [-0.25, -0.2) is 0 Å². The average molecular weight is 1210 g/mol. The van der Waals surface area contributed by atoms with E-state index in [2.05, 4.69) is 33.5 Å². The number of ketones is 1. The van der Waals surface area contributed by atoms with Crippen LogP contribution in [0.4, 0.5) is 0 Å². The van der Waals surface area contributed by atoms with Crippen molar-refractivity contribution in [3.63, 3.8) is 0 Å². The number of Topliss-reactive ketones (excluding diaryl/α,β-unsaturated/α-hetero) is 1. The summed E-state index contributed by atoms with van der Waals surface area (Å²) in [7, 11) is 0. The number of aliphatic hydroxyl groups excluding tert-OH is 7. The molecule has 7 rings (SSSR count). The Labute approximate surface area is 503 Å². The second kappa shape index (κ2) is 30.5. The van der Waals surface area contributed by atoms with Gasteiger partial charge in [-0.2, -0.15) is 0 Å². The van der Waals surface area contributed by atoms with Gasteiger partial charge in [-0.05, 0) is 97.3 Å². The van der Waals surface area contributed by atoms with Crippen molar-refractivity contribution in [2.75, 3.05) is 26.2 Å². The van der Waals surface area contributed by atoms with Crippen molar-refractivity contribution < 1.29 is 83.9 Å². The molecule has 87 heavy (non-hydrogen) atoms. The number of phenolic OH excluding ortho intramolecular Hbond substituents is 1. The summed E-state index contributed by atoms with van der Waals surface area (Å²) >= 11 is 0. The highest BCUT2D eigenvalue weighted by molar-refractivity contribution is 6.01. The number of nitrogens with one attached hydrogen (secondary N) is 5. The Morgan fingerprint density at radius 1 is 0.667 bits per heavy atom. The van der Waals surface area contributed by atoms with E-state index in [9.17, 15) is 74.4 Å². The minimum absolute atomic E-state index is 0.0259. The number of ether oxygens (including phenoxy) is 2. The van der Waals surface area contributed by atoms with Gasteiger partial charge in [0.2, 0.25) is 29.5 Å². The summed E-state index contributed by atoms with van der Waals surface area (Å²) in [5, 5.41) is 102. The van der Waals surface area contributed by atoms with E-state index in [0.29, 0.717) is 6.61 Å². The van der Waals surface area contributed by atoms with Crippen LogP contribution in [0.1, 0.15) is 88.2 Å². The van der Waals surface area contributed by atoms with Gasteiger partial charge in [0.1, 0.15) is 60.0 Å². The number of hydrogen-bond acceptors (Lipinski definition) is 19. The smallest absolute Gasteiger partial charge is 0.251 e. The molecule has 25 nitrogen and oxygen atoms in total. The maximum absolute atomic E-state index is 14.8. The SMILES string of the molecule is CCCCCOc1ccc(-c2ccc(-c3ccc(C(=O)N[C@H]4C[C@@H](O)C(OC(CN)CN)NC(=O)C5[C@@H](O)[C@@H](C)CN5C(=O)C([C@@H](C)O)NC(=O)C([C@H](O)[C@@H](O)c5ccc(O)cc5)NC(=O)C5C[C@@H](O)CC5C(=O)C([C@@H](C)O)NC4=O)cc3)cc2)cc1. The normalized spacial score (nSPS) is 27.5. The van der Waals surface area contributed by atoms with Gasteiger partial charge in [-0.1, -0.05) is 87.4 Å². The lowest BCUT2D eigenvalue weighted by Gasteiger charge is -2.34. The van der Waals surface area contributed by atoms with Gasteiger partial charge in [-0.15, -0.1) is 0 Å². The van der Waals surface area contributed by atoms with Crippen molar-refractivity contribution in [3.05, 3.63) is 108 Å². The second-order valence-electron chi connectivity index (χ2n) is 22.8. The molecule has 2 aliphatic heterocycles. The highest BCUT2D eigenvalue weighted by Gasteiger charge is 2.51. The number of rotatable bonds is 18. The number of nitrogens with zero attached hydrogens (tertiary/aromatic N) is 1. The molecule has 16 atom stereocenters. The van der Waals surface area contributed by atoms with Crippen LogP contribution in [0.3, 0.4) is 0 Å². The first-order valence-corrected chi connectivity index (χ1v) is 29.4. The Balaban J connectivity index is 1.23. The van der Waals surface area contributed by atoms with Crippen LogP contribution in [-0.4, -0.2) is 192 Å². The number of aromatic hydroxyl groups is 1. The Bertz CT molecular complexity index is 2990. The van der Waals surface area contributed by atoms with Crippen LogP contribution in [0.25, 0.3) is 22.3 Å². The van der Waals surface area contributed by atoms with Crippen molar-refractivity contribution in [2.24, 2.45) is 29.2 Å². The first-order valence-electron chi connectivity index (χ1n) is 29.4. The summed E-state index contributed by atoms with van der Waals surface area (Å²) in [6.07, 6.45) is -14.3. The van der Waals surface area contributed by atoms with Crippen LogP contribution in [-0.2, 0) is 33.5 Å². The third kappa shape index (κ3) is 16.6. The van der Waals surface area contributed by atoms with Gasteiger partial charge in [0.25, 0.3) is 5.91 Å². The predicted molar refractivity (Wildman–Crippen MR) is 315 cm³/mol. The van der Waals surface area contributed by atoms with E-state index in [-0.39, 0.29) is 36.5 Å². The molecule has 2 heterocycles. The Morgan fingerprint density at radius 3 is 1.77 bits per heavy atom. The molecule has 6 amide bonds. The summed E-state index contributed by atoms with van der Waals surface area (Å²) in [5.74, 6) is -11.3. The molecule has 1 saturated carbocycles. The topological polar surface area (TPSA) is 415 Å². The second-order valence-corrected chi connectivity index (χ2v) is 22.8. The minimum Gasteiger partial charge on any atom is -0.508 e. The predicted octanol–water partition coefficient (Wildman–Crippen LogP) is -0.622. The molecule has 2 saturated heterocycles. The maximum Gasteiger partial charge on any atom is 0.251 e. The summed E-state index contributed by atoms with van der Waals surface area (Å²) in [6, 6.07) is 16.8. The molecule has 3 aliphatic rings. The molecule has 0 bridgehead atoms. The van der Waals surface area contributed by atoms with Crippen LogP contribution in [0.2, 0.25) is 0 Å². The van der Waals surface area contributed by atoms with E-state index >= 15 is 0 Å². The van der Waals surface area contributed by atoms with Crippen molar-refractivity contribution in [2.45, 2.75) is 151 Å². The van der Waals surface area contributed by atoms with E-state index < -0.39 is 164 Å². The number of fused-ring (bicyclic) bond motifs is 2. The fraction of sp³-hybridized carbons (Fsp3) is 0.500. The average Bonchev–Trinajstić information content (AvgIpc) is 1.95. The van der Waals surface area contributed by atoms with Crippen molar-refractivity contribution >= 4 is 41.2 Å². The summed E-state index contributed by atoms with van der Waals surface area (Å²) < 4.78 is 11.9. The molecule has 25 heteroatoms. The number of nitrogens with two attached hydrogens (primary N) is 2. The molecule has 0 radical (unpaired) electrons. The van der Waals surface area contributed by atoms with Gasteiger partial charge in [0.15, 0.2) is 12.0 Å². The fourth-order valence-electron chi connectivity index (χ4n) is 11.2. The summed E-state index contributed by atoms with van der Waals surface area (Å²) in [4.78, 5) is 103. The monoisotopic (exact) mass is 1210 g/mol. The molecule has 472 valence electrons. The maximum atomic E-state index is 14.8. The zero-order valence-corrected chi connectivity index (χ0v) is 49.0. The number of unbranched alkanes of at least 4 members (excludes halogenated alkanes) is 2. The highest BCUT2D eigenvalue weighted by Crippen LogP contribution is 2.36. The molecule has 4 aromatic rings. The van der Waals surface area contributed by atoms with Crippen LogP contribution in [0, 0.1) is 17.8 Å². The highest BCUT2D eigenvalue weighted by atomic mass is 16.5. The van der Waals surface area contributed by atoms with E-state index in [1.54, 1.807) is 12.1 Å². The number of phenols is 1. The quantitative estimate of drug-likeness (QED) is 0.0552. The van der Waals surface area contributed by atoms with E-state index in [1.807, 2.05) is 48.5 Å². The van der Waals surface area contributed by atoms with Crippen LogP contribution >= 0.6 is 0 Å². The first-order chi connectivity index (χ1) is 41.4. The van der Waals surface area contributed by atoms with Crippen molar-refractivity contribution in [1.29, 1.82) is 0 Å². The number of benzene rings is 4. The van der Waals surface area contributed by atoms with Gasteiger partial charge in [0.05, 0.1) is 43.0 Å². The van der Waals surface area contributed by atoms with Crippen LogP contribution in [0.5, 0.6) is 11.5 Å². The van der Waals surface area contributed by atoms with E-state index in [1.165, 1.54) is 43.3 Å². The van der Waals surface area contributed by atoms with Crippen LogP contribution < -0.4 is 42.8 Å². The van der Waals surface area contributed by atoms with E-state index in [0.717, 1.165) is 66.0 Å². The zero-order valence-electron chi connectivity index (χ0n) is 49.0. The van der Waals surface area contributed by atoms with Crippen molar-refractivity contribution in [1.82, 2.24) is 31.5 Å². The molecule has 17 N–H and O–H groups in total. The lowest BCUT2D eigenvalue weighted by Crippen LogP contribution is -2.63. The Hall–Kier alpha value is -7.43. The molecular formula is C62H82N8O17. The van der Waals surface area contributed by atoms with Crippen molar-refractivity contribution in [3.8, 4) is 33.8 Å². The van der Waals surface area contributed by atoms with Gasteiger partial charge >= 0.3 is 0 Å². The third-order valence-electron chi connectivity index (χ3n) is 16.3. The Morgan fingerprint density at radius 2 is 1.21 bits per heavy atom. The number of hydrogen-bond donors (Lipinski definition) is 15. The largest absolute Gasteiger partial charge is 0.508 e. The molecule has 0 aromatic heterocycles. The van der Waals surface area contributed by atoms with E-state index in [4.69, 9.17) is 20.9 Å². The lowest BCUT2D eigenvalue weighted by molar-refractivity contribution is -0.151. The summed E-state index contributed by atoms with van der Waals surface area (Å²) in [5.41, 5.74) is 15.3. The van der Waals surface area contributed by atoms with Gasteiger partial charge in [-0.3, -0.25) is 33.6 Å². The lowest BCUT2D eigenvalue weighted by atomic mass is 9.85. The number of carbonyl (C=O) groups excluding carboxylic acids is 7. The zero-order chi connectivity index (χ0) is 63.4. The minimum atomic E-state index is -2.28. The molecule has 0 spiro atoms. The molecule has 7 unspecified atom stereocenters. The molecule has 1 aliphatic carbocycles.